The molecule has 0 aliphatic heterocycles. The van der Waals surface area contributed by atoms with Gasteiger partial charge in [-0.1, -0.05) is 18.2 Å². The third-order valence-corrected chi connectivity index (χ3v) is 3.80. The molecule has 2 heterocycles. The second-order valence-corrected chi connectivity index (χ2v) is 5.24. The lowest BCUT2D eigenvalue weighted by atomic mass is 10.2. The summed E-state index contributed by atoms with van der Waals surface area (Å²) in [5, 5.41) is 0. The number of aromatic amines is 1. The molecule has 3 aromatic rings. The third kappa shape index (κ3) is 2.64. The number of para-hydroxylation sites is 1. The largest absolute Gasteiger partial charge is 0.493 e. The number of rotatable bonds is 5. The van der Waals surface area contributed by atoms with Crippen LogP contribution in [0.1, 0.15) is 23.7 Å². The highest BCUT2D eigenvalue weighted by atomic mass is 16.5. The molecule has 0 saturated heterocycles. The summed E-state index contributed by atoms with van der Waals surface area (Å²) >= 11 is 0. The number of H-pyrrole nitrogens is 1. The van der Waals surface area contributed by atoms with Crippen LogP contribution in [0.5, 0.6) is 11.5 Å². The van der Waals surface area contributed by atoms with E-state index in [1.165, 1.54) is 0 Å². The van der Waals surface area contributed by atoms with E-state index in [0.29, 0.717) is 13.2 Å². The van der Waals surface area contributed by atoms with Gasteiger partial charge < -0.3 is 14.5 Å². The fourth-order valence-corrected chi connectivity index (χ4v) is 2.50. The number of pyridine rings is 1. The van der Waals surface area contributed by atoms with Crippen LogP contribution in [0.2, 0.25) is 0 Å². The number of fused-ring (bicyclic) bond motifs is 1. The van der Waals surface area contributed by atoms with Crippen LogP contribution >= 0.6 is 0 Å². The maximum absolute atomic E-state index is 6.01. The predicted octanol–water partition coefficient (Wildman–Crippen LogP) is 4.16. The Hall–Kier alpha value is -2.49. The van der Waals surface area contributed by atoms with Crippen LogP contribution in [0, 0.1) is 13.8 Å². The Morgan fingerprint density at radius 1 is 1.05 bits per heavy atom. The summed E-state index contributed by atoms with van der Waals surface area (Å²) in [6.45, 7) is 7.20. The van der Waals surface area contributed by atoms with Crippen LogP contribution in [0.4, 0.5) is 0 Å². The van der Waals surface area contributed by atoms with Crippen LogP contribution < -0.4 is 9.47 Å². The highest BCUT2D eigenvalue weighted by molar-refractivity contribution is 5.85. The Kier molecular flexibility index (Phi) is 4.00. The summed E-state index contributed by atoms with van der Waals surface area (Å²) in [7, 11) is 0. The highest BCUT2D eigenvalue weighted by Gasteiger charge is 2.11. The number of nitrogens with one attached hydrogen (secondary N) is 1. The Morgan fingerprint density at radius 2 is 1.86 bits per heavy atom. The van der Waals surface area contributed by atoms with Gasteiger partial charge in [-0.3, -0.25) is 4.98 Å². The zero-order chi connectivity index (χ0) is 15.5. The molecule has 0 unspecified atom stereocenters. The van der Waals surface area contributed by atoms with Gasteiger partial charge in [0.05, 0.1) is 12.1 Å². The Bertz CT molecular complexity index is 793. The summed E-state index contributed by atoms with van der Waals surface area (Å²) < 4.78 is 11.6. The molecule has 0 atom stereocenters. The number of aromatic nitrogens is 2. The van der Waals surface area contributed by atoms with Crippen molar-refractivity contribution in [1.82, 2.24) is 9.97 Å². The SMILES string of the molecule is CCOc1ccccc1COc1ccnc2c(C)c(C)[nH]c12. The van der Waals surface area contributed by atoms with E-state index in [-0.39, 0.29) is 0 Å². The van der Waals surface area contributed by atoms with Crippen molar-refractivity contribution in [3.05, 3.63) is 53.3 Å². The smallest absolute Gasteiger partial charge is 0.147 e. The second-order valence-electron chi connectivity index (χ2n) is 5.24. The first kappa shape index (κ1) is 14.4. The summed E-state index contributed by atoms with van der Waals surface area (Å²) in [4.78, 5) is 7.78. The Labute approximate surface area is 130 Å². The predicted molar refractivity (Wildman–Crippen MR) is 87.5 cm³/mol. The van der Waals surface area contributed by atoms with Crippen molar-refractivity contribution >= 4 is 11.0 Å². The maximum atomic E-state index is 6.01. The first-order valence-electron chi connectivity index (χ1n) is 7.48. The monoisotopic (exact) mass is 296 g/mol. The van der Waals surface area contributed by atoms with Crippen molar-refractivity contribution in [3.8, 4) is 11.5 Å². The van der Waals surface area contributed by atoms with Gasteiger partial charge in [0.2, 0.25) is 0 Å². The first-order chi connectivity index (χ1) is 10.7. The topological polar surface area (TPSA) is 47.1 Å². The minimum atomic E-state index is 0.465. The molecule has 0 spiro atoms. The van der Waals surface area contributed by atoms with E-state index in [9.17, 15) is 0 Å². The number of hydrogen-bond donors (Lipinski definition) is 1. The van der Waals surface area contributed by atoms with Crippen molar-refractivity contribution in [3.63, 3.8) is 0 Å². The number of ether oxygens (including phenoxy) is 2. The maximum Gasteiger partial charge on any atom is 0.147 e. The van der Waals surface area contributed by atoms with Crippen LogP contribution in [-0.2, 0) is 6.61 Å². The minimum Gasteiger partial charge on any atom is -0.493 e. The van der Waals surface area contributed by atoms with Gasteiger partial charge >= 0.3 is 0 Å². The first-order valence-corrected chi connectivity index (χ1v) is 7.48. The molecule has 0 aliphatic rings. The quantitative estimate of drug-likeness (QED) is 0.769. The zero-order valence-corrected chi connectivity index (χ0v) is 13.1. The van der Waals surface area contributed by atoms with Crippen molar-refractivity contribution in [1.29, 1.82) is 0 Å². The summed E-state index contributed by atoms with van der Waals surface area (Å²) in [5.41, 5.74) is 5.23. The van der Waals surface area contributed by atoms with Gasteiger partial charge in [-0.25, -0.2) is 0 Å². The van der Waals surface area contributed by atoms with Crippen LogP contribution in [0.15, 0.2) is 36.5 Å². The lowest BCUT2D eigenvalue weighted by molar-refractivity contribution is 0.288. The molecule has 1 aromatic carbocycles. The number of nitrogens with zero attached hydrogens (tertiary/aromatic N) is 1. The average Bonchev–Trinajstić information content (AvgIpc) is 2.83. The molecule has 114 valence electrons. The molecule has 0 fully saturated rings. The second kappa shape index (κ2) is 6.10. The Morgan fingerprint density at radius 3 is 2.68 bits per heavy atom. The standard InChI is InChI=1S/C18H20N2O2/c1-4-21-15-8-6-5-7-14(15)11-22-16-9-10-19-17-12(2)13(3)20-18(16)17/h5-10,20H,4,11H2,1-3H3. The average molecular weight is 296 g/mol. The number of aryl methyl sites for hydroxylation is 2. The van der Waals surface area contributed by atoms with E-state index in [1.807, 2.05) is 44.2 Å². The minimum absolute atomic E-state index is 0.465. The molecule has 22 heavy (non-hydrogen) atoms. The van der Waals surface area contributed by atoms with Gasteiger partial charge in [0, 0.05) is 23.5 Å². The molecule has 0 radical (unpaired) electrons. The van der Waals surface area contributed by atoms with Crippen molar-refractivity contribution < 1.29 is 9.47 Å². The third-order valence-electron chi connectivity index (χ3n) is 3.80. The fourth-order valence-electron chi connectivity index (χ4n) is 2.50. The van der Waals surface area contributed by atoms with Gasteiger partial charge in [0.25, 0.3) is 0 Å². The zero-order valence-electron chi connectivity index (χ0n) is 13.1. The van der Waals surface area contributed by atoms with Gasteiger partial charge in [0.15, 0.2) is 0 Å². The van der Waals surface area contributed by atoms with Crippen LogP contribution in [0.3, 0.4) is 0 Å². The van der Waals surface area contributed by atoms with Crippen LogP contribution in [0.25, 0.3) is 11.0 Å². The lowest BCUT2D eigenvalue weighted by Gasteiger charge is -2.11. The van der Waals surface area contributed by atoms with Gasteiger partial charge in [0.1, 0.15) is 23.6 Å². The number of benzene rings is 1. The van der Waals surface area contributed by atoms with E-state index < -0.39 is 0 Å². The molecule has 2 aromatic heterocycles. The summed E-state index contributed by atoms with van der Waals surface area (Å²) in [6.07, 6.45) is 1.78. The van der Waals surface area contributed by atoms with Crippen molar-refractivity contribution in [2.45, 2.75) is 27.4 Å². The molecule has 0 bridgehead atoms. The fraction of sp³-hybridized carbons (Fsp3) is 0.278. The van der Waals surface area contributed by atoms with E-state index in [2.05, 4.69) is 16.9 Å². The van der Waals surface area contributed by atoms with E-state index in [0.717, 1.165) is 39.4 Å². The van der Waals surface area contributed by atoms with Gasteiger partial charge in [-0.05, 0) is 32.4 Å². The molecule has 4 nitrogen and oxygen atoms in total. The Balaban J connectivity index is 1.87. The summed E-state index contributed by atoms with van der Waals surface area (Å²) in [5.74, 6) is 1.68. The molecule has 4 heteroatoms. The van der Waals surface area contributed by atoms with Gasteiger partial charge in [-0.2, -0.15) is 0 Å². The van der Waals surface area contributed by atoms with Gasteiger partial charge in [-0.15, -0.1) is 0 Å². The molecule has 0 saturated carbocycles. The molecule has 3 rings (SSSR count). The normalized spacial score (nSPS) is 10.9. The van der Waals surface area contributed by atoms with E-state index in [4.69, 9.17) is 9.47 Å². The number of hydrogen-bond acceptors (Lipinski definition) is 3. The highest BCUT2D eigenvalue weighted by Crippen LogP contribution is 2.28. The lowest BCUT2D eigenvalue weighted by Crippen LogP contribution is -2.01. The van der Waals surface area contributed by atoms with E-state index in [1.54, 1.807) is 6.20 Å². The summed E-state index contributed by atoms with van der Waals surface area (Å²) in [6, 6.07) is 9.84. The van der Waals surface area contributed by atoms with Crippen LogP contribution in [-0.4, -0.2) is 16.6 Å². The van der Waals surface area contributed by atoms with Crippen molar-refractivity contribution in [2.75, 3.05) is 6.61 Å². The molecule has 1 N–H and O–H groups in total. The molecule has 0 aliphatic carbocycles. The molecule has 0 amide bonds. The molecular formula is C18H20N2O2. The molecular weight excluding hydrogens is 276 g/mol. The van der Waals surface area contributed by atoms with Crippen molar-refractivity contribution in [2.24, 2.45) is 0 Å². The van der Waals surface area contributed by atoms with E-state index >= 15 is 0 Å².